The Kier molecular flexibility index (Phi) is 7.91. The van der Waals surface area contributed by atoms with Gasteiger partial charge >= 0.3 is 0 Å². The molecule has 1 saturated heterocycles. The zero-order chi connectivity index (χ0) is 17.8. The van der Waals surface area contributed by atoms with Crippen molar-refractivity contribution in [3.8, 4) is 0 Å². The SMILES string of the molecule is CCCCCCNC(=NC)NCCN1C(=O)C2C3C=CC(C3)C2C1=O.I. The highest BCUT2D eigenvalue weighted by atomic mass is 127. The van der Waals surface area contributed by atoms with E-state index in [2.05, 4.69) is 34.7 Å². The van der Waals surface area contributed by atoms with Gasteiger partial charge in [0.2, 0.25) is 11.8 Å². The Hall–Kier alpha value is -1.12. The van der Waals surface area contributed by atoms with Gasteiger partial charge in [0, 0.05) is 26.7 Å². The molecule has 3 aliphatic rings. The lowest BCUT2D eigenvalue weighted by Crippen LogP contribution is -2.43. The first-order valence-electron chi connectivity index (χ1n) is 9.65. The Bertz CT molecular complexity index is 548. The number of unbranched alkanes of at least 4 members (excludes halogenated alkanes) is 3. The van der Waals surface area contributed by atoms with Crippen LogP contribution in [0.2, 0.25) is 0 Å². The first-order chi connectivity index (χ1) is 12.2. The summed E-state index contributed by atoms with van der Waals surface area (Å²) in [6.45, 7) is 4.04. The maximum Gasteiger partial charge on any atom is 0.233 e. The molecule has 6 nitrogen and oxygen atoms in total. The molecule has 7 heteroatoms. The number of likely N-dealkylation sites (tertiary alicyclic amines) is 1. The van der Waals surface area contributed by atoms with Crippen LogP contribution >= 0.6 is 24.0 Å². The van der Waals surface area contributed by atoms with E-state index in [1.807, 2.05) is 0 Å². The molecule has 146 valence electrons. The number of halogens is 1. The van der Waals surface area contributed by atoms with Crippen molar-refractivity contribution in [1.82, 2.24) is 15.5 Å². The van der Waals surface area contributed by atoms with Crippen LogP contribution in [-0.2, 0) is 9.59 Å². The molecule has 0 spiro atoms. The molecule has 0 aromatic heterocycles. The Labute approximate surface area is 173 Å². The zero-order valence-corrected chi connectivity index (χ0v) is 18.1. The van der Waals surface area contributed by atoms with Gasteiger partial charge in [0.1, 0.15) is 0 Å². The molecular weight excluding hydrogens is 443 g/mol. The Morgan fingerprint density at radius 2 is 1.69 bits per heavy atom. The minimum atomic E-state index is -0.0986. The van der Waals surface area contributed by atoms with Crippen molar-refractivity contribution in [3.05, 3.63) is 12.2 Å². The summed E-state index contributed by atoms with van der Waals surface area (Å²) < 4.78 is 0. The van der Waals surface area contributed by atoms with Gasteiger partial charge < -0.3 is 10.6 Å². The van der Waals surface area contributed by atoms with Crippen molar-refractivity contribution in [1.29, 1.82) is 0 Å². The summed E-state index contributed by atoms with van der Waals surface area (Å²) in [5.74, 6) is 1.14. The summed E-state index contributed by atoms with van der Waals surface area (Å²) in [4.78, 5) is 30.9. The standard InChI is InChI=1S/C19H30N4O2.HI/c1-3-4-5-6-9-21-19(20-2)22-10-11-23-17(24)15-13-7-8-14(12-13)16(15)18(23)25;/h7-8,13-16H,3-6,9-12H2,1-2H3,(H2,20,21,22);1H. The largest absolute Gasteiger partial charge is 0.356 e. The molecule has 2 fully saturated rings. The predicted octanol–water partition coefficient (Wildman–Crippen LogP) is 2.16. The number of aliphatic imine (C=N–C) groups is 1. The van der Waals surface area contributed by atoms with Gasteiger partial charge in [-0.05, 0) is 24.7 Å². The van der Waals surface area contributed by atoms with Gasteiger partial charge in [0.05, 0.1) is 11.8 Å². The minimum absolute atomic E-state index is 0. The Balaban J connectivity index is 0.00000243. The number of hydrogen-bond acceptors (Lipinski definition) is 3. The fraction of sp³-hybridized carbons (Fsp3) is 0.737. The van der Waals surface area contributed by atoms with E-state index in [0.29, 0.717) is 13.1 Å². The molecule has 4 atom stereocenters. The van der Waals surface area contributed by atoms with Crippen LogP contribution in [0.15, 0.2) is 17.1 Å². The second kappa shape index (κ2) is 9.71. The molecule has 2 bridgehead atoms. The van der Waals surface area contributed by atoms with E-state index in [1.54, 1.807) is 7.05 Å². The monoisotopic (exact) mass is 474 g/mol. The summed E-state index contributed by atoms with van der Waals surface area (Å²) in [5.41, 5.74) is 0. The third-order valence-corrected chi connectivity index (χ3v) is 5.74. The van der Waals surface area contributed by atoms with Crippen LogP contribution in [0, 0.1) is 23.7 Å². The highest BCUT2D eigenvalue weighted by Crippen LogP contribution is 2.52. The van der Waals surface area contributed by atoms with Gasteiger partial charge in [-0.2, -0.15) is 0 Å². The highest BCUT2D eigenvalue weighted by molar-refractivity contribution is 14.0. The average molecular weight is 474 g/mol. The van der Waals surface area contributed by atoms with Crippen molar-refractivity contribution in [2.24, 2.45) is 28.7 Å². The first-order valence-corrected chi connectivity index (χ1v) is 9.65. The van der Waals surface area contributed by atoms with Crippen LogP contribution in [-0.4, -0.2) is 49.4 Å². The van der Waals surface area contributed by atoms with Gasteiger partial charge in [0.15, 0.2) is 5.96 Å². The van der Waals surface area contributed by atoms with Crippen LogP contribution in [0.3, 0.4) is 0 Å². The first kappa shape index (κ1) is 21.2. The summed E-state index contributed by atoms with van der Waals surface area (Å²) in [6.07, 6.45) is 10.1. The lowest BCUT2D eigenvalue weighted by molar-refractivity contribution is -0.140. The van der Waals surface area contributed by atoms with E-state index in [9.17, 15) is 9.59 Å². The minimum Gasteiger partial charge on any atom is -0.356 e. The van der Waals surface area contributed by atoms with Crippen LogP contribution in [0.5, 0.6) is 0 Å². The molecule has 0 radical (unpaired) electrons. The molecule has 0 aromatic carbocycles. The Morgan fingerprint density at radius 3 is 2.27 bits per heavy atom. The maximum absolute atomic E-state index is 12.6. The molecule has 2 aliphatic carbocycles. The van der Waals surface area contributed by atoms with E-state index in [1.165, 1.54) is 24.2 Å². The zero-order valence-electron chi connectivity index (χ0n) is 15.7. The molecule has 0 aromatic rings. The van der Waals surface area contributed by atoms with E-state index in [0.717, 1.165) is 25.3 Å². The number of carbonyl (C=O) groups is 2. The van der Waals surface area contributed by atoms with Gasteiger partial charge in [-0.1, -0.05) is 38.3 Å². The maximum atomic E-state index is 12.6. The van der Waals surface area contributed by atoms with E-state index in [4.69, 9.17) is 0 Å². The number of imide groups is 1. The Morgan fingerprint density at radius 1 is 1.08 bits per heavy atom. The predicted molar refractivity (Wildman–Crippen MR) is 113 cm³/mol. The molecule has 2 amide bonds. The fourth-order valence-electron chi connectivity index (χ4n) is 4.45. The third kappa shape index (κ3) is 4.23. The topological polar surface area (TPSA) is 73.8 Å². The van der Waals surface area contributed by atoms with Crippen LogP contribution in [0.25, 0.3) is 0 Å². The summed E-state index contributed by atoms with van der Waals surface area (Å²) in [5, 5.41) is 6.49. The highest BCUT2D eigenvalue weighted by Gasteiger charge is 2.58. The number of allylic oxidation sites excluding steroid dienone is 2. The normalized spacial score (nSPS) is 29.2. The van der Waals surface area contributed by atoms with E-state index in [-0.39, 0.29) is 59.5 Å². The second-order valence-electron chi connectivity index (χ2n) is 7.31. The van der Waals surface area contributed by atoms with E-state index >= 15 is 0 Å². The number of hydrogen-bond donors (Lipinski definition) is 2. The number of carbonyl (C=O) groups excluding carboxylic acids is 2. The van der Waals surface area contributed by atoms with Crippen molar-refractivity contribution < 1.29 is 9.59 Å². The number of guanidine groups is 1. The van der Waals surface area contributed by atoms with Crippen molar-refractivity contribution in [2.75, 3.05) is 26.7 Å². The number of fused-ring (bicyclic) bond motifs is 5. The lowest BCUT2D eigenvalue weighted by atomic mass is 9.85. The van der Waals surface area contributed by atoms with Crippen molar-refractivity contribution >= 4 is 41.8 Å². The van der Waals surface area contributed by atoms with E-state index < -0.39 is 0 Å². The summed E-state index contributed by atoms with van der Waals surface area (Å²) in [6, 6.07) is 0. The van der Waals surface area contributed by atoms with Crippen LogP contribution < -0.4 is 10.6 Å². The number of rotatable bonds is 8. The number of nitrogens with one attached hydrogen (secondary N) is 2. The smallest absolute Gasteiger partial charge is 0.233 e. The van der Waals surface area contributed by atoms with Crippen molar-refractivity contribution in [2.45, 2.75) is 39.0 Å². The molecular formula is C19H31IN4O2. The number of amides is 2. The van der Waals surface area contributed by atoms with Crippen molar-refractivity contribution in [3.63, 3.8) is 0 Å². The van der Waals surface area contributed by atoms with Crippen LogP contribution in [0.1, 0.15) is 39.0 Å². The molecule has 1 heterocycles. The fourth-order valence-corrected chi connectivity index (χ4v) is 4.45. The molecule has 1 saturated carbocycles. The number of nitrogens with zero attached hydrogens (tertiary/aromatic N) is 2. The second-order valence-corrected chi connectivity index (χ2v) is 7.31. The van der Waals surface area contributed by atoms with Gasteiger partial charge in [-0.25, -0.2) is 0 Å². The van der Waals surface area contributed by atoms with Gasteiger partial charge in [-0.3, -0.25) is 19.5 Å². The average Bonchev–Trinajstić information content (AvgIpc) is 3.29. The molecule has 4 unspecified atom stereocenters. The molecule has 2 N–H and O–H groups in total. The molecule has 3 rings (SSSR count). The van der Waals surface area contributed by atoms with Gasteiger partial charge in [-0.15, -0.1) is 24.0 Å². The molecule has 26 heavy (non-hydrogen) atoms. The molecule has 1 aliphatic heterocycles. The quantitative estimate of drug-likeness (QED) is 0.141. The lowest BCUT2D eigenvalue weighted by Gasteiger charge is -2.18. The van der Waals surface area contributed by atoms with Crippen LogP contribution in [0.4, 0.5) is 0 Å². The summed E-state index contributed by atoms with van der Waals surface area (Å²) in [7, 11) is 1.74. The third-order valence-electron chi connectivity index (χ3n) is 5.74. The van der Waals surface area contributed by atoms with Gasteiger partial charge in [0.25, 0.3) is 0 Å². The summed E-state index contributed by atoms with van der Waals surface area (Å²) >= 11 is 0.